The Morgan fingerprint density at radius 1 is 1.12 bits per heavy atom. The number of nitrogens with one attached hydrogen (secondary N) is 1. The lowest BCUT2D eigenvalue weighted by Gasteiger charge is -2.15. The zero-order chi connectivity index (χ0) is 17.4. The minimum absolute atomic E-state index is 0.178. The summed E-state index contributed by atoms with van der Waals surface area (Å²) in [6.07, 6.45) is 0.990. The van der Waals surface area contributed by atoms with Crippen LogP contribution in [-0.2, 0) is 22.7 Å². The molecule has 0 bridgehead atoms. The number of nitrogens with two attached hydrogens (primary N) is 1. The second-order valence-electron chi connectivity index (χ2n) is 5.93. The van der Waals surface area contributed by atoms with Crippen molar-refractivity contribution in [1.82, 2.24) is 5.32 Å². The predicted molar refractivity (Wildman–Crippen MR) is 96.3 cm³/mol. The maximum atomic E-state index is 12.3. The molecule has 1 amide bonds. The molecule has 1 atom stereocenters. The number of carbonyl (C=O) groups is 1. The third-order valence-corrected chi connectivity index (χ3v) is 3.90. The predicted octanol–water partition coefficient (Wildman–Crippen LogP) is 3.24. The van der Waals surface area contributed by atoms with E-state index in [1.165, 1.54) is 0 Å². The molecule has 2 rings (SSSR count). The molecule has 128 valence electrons. The van der Waals surface area contributed by atoms with Gasteiger partial charge in [0.05, 0.1) is 6.61 Å². The van der Waals surface area contributed by atoms with Crippen LogP contribution in [0.1, 0.15) is 41.6 Å². The standard InChI is InChI=1S/C20H26N2O2/c1-3-12-24-14-18-7-5-4-6-17(18)13-22-20(23)19(21)16-10-8-15(2)9-11-16/h4-11,19H,3,12-14,21H2,1-2H3,(H,22,23). The van der Waals surface area contributed by atoms with Gasteiger partial charge in [-0.1, -0.05) is 61.0 Å². The summed E-state index contributed by atoms with van der Waals surface area (Å²) >= 11 is 0. The molecule has 0 spiro atoms. The summed E-state index contributed by atoms with van der Waals surface area (Å²) in [5.74, 6) is -0.178. The first-order valence-electron chi connectivity index (χ1n) is 8.36. The zero-order valence-electron chi connectivity index (χ0n) is 14.4. The third-order valence-electron chi connectivity index (χ3n) is 3.90. The van der Waals surface area contributed by atoms with Gasteiger partial charge in [0, 0.05) is 13.2 Å². The Kier molecular flexibility index (Phi) is 6.97. The van der Waals surface area contributed by atoms with Crippen LogP contribution in [0.2, 0.25) is 0 Å². The lowest BCUT2D eigenvalue weighted by atomic mass is 10.0. The molecule has 0 saturated heterocycles. The average molecular weight is 326 g/mol. The van der Waals surface area contributed by atoms with E-state index in [1.807, 2.05) is 55.5 Å². The van der Waals surface area contributed by atoms with Crippen LogP contribution in [0, 0.1) is 6.92 Å². The quantitative estimate of drug-likeness (QED) is 0.732. The van der Waals surface area contributed by atoms with Gasteiger partial charge in [-0.05, 0) is 30.0 Å². The van der Waals surface area contributed by atoms with Gasteiger partial charge in [0.15, 0.2) is 0 Å². The molecule has 0 aromatic heterocycles. The Labute approximate surface area is 144 Å². The smallest absolute Gasteiger partial charge is 0.241 e. The molecule has 0 aliphatic rings. The van der Waals surface area contributed by atoms with E-state index in [4.69, 9.17) is 10.5 Å². The minimum Gasteiger partial charge on any atom is -0.377 e. The van der Waals surface area contributed by atoms with Crippen LogP contribution in [0.15, 0.2) is 48.5 Å². The fourth-order valence-corrected chi connectivity index (χ4v) is 2.41. The van der Waals surface area contributed by atoms with Crippen molar-refractivity contribution >= 4 is 5.91 Å². The molecule has 1 unspecified atom stereocenters. The number of benzene rings is 2. The molecule has 0 aliphatic heterocycles. The Balaban J connectivity index is 1.94. The summed E-state index contributed by atoms with van der Waals surface area (Å²) in [5, 5.41) is 2.92. The van der Waals surface area contributed by atoms with Crippen molar-refractivity contribution in [3.8, 4) is 0 Å². The van der Waals surface area contributed by atoms with Gasteiger partial charge in [0.25, 0.3) is 0 Å². The van der Waals surface area contributed by atoms with Crippen molar-refractivity contribution < 1.29 is 9.53 Å². The number of ether oxygens (including phenoxy) is 1. The maximum absolute atomic E-state index is 12.3. The van der Waals surface area contributed by atoms with E-state index in [9.17, 15) is 4.79 Å². The number of rotatable bonds is 8. The molecule has 0 fully saturated rings. The van der Waals surface area contributed by atoms with Crippen molar-refractivity contribution in [2.45, 2.75) is 39.5 Å². The molecule has 24 heavy (non-hydrogen) atoms. The molecular weight excluding hydrogens is 300 g/mol. The van der Waals surface area contributed by atoms with Gasteiger partial charge >= 0.3 is 0 Å². The fraction of sp³-hybridized carbons (Fsp3) is 0.350. The summed E-state index contributed by atoms with van der Waals surface area (Å²) in [6.45, 7) is 5.83. The van der Waals surface area contributed by atoms with E-state index >= 15 is 0 Å². The average Bonchev–Trinajstić information content (AvgIpc) is 2.61. The van der Waals surface area contributed by atoms with Crippen molar-refractivity contribution in [1.29, 1.82) is 0 Å². The van der Waals surface area contributed by atoms with Crippen LogP contribution >= 0.6 is 0 Å². The van der Waals surface area contributed by atoms with E-state index < -0.39 is 6.04 Å². The molecular formula is C20H26N2O2. The molecule has 0 aliphatic carbocycles. The highest BCUT2D eigenvalue weighted by Crippen LogP contribution is 2.13. The van der Waals surface area contributed by atoms with E-state index in [2.05, 4.69) is 12.2 Å². The molecule has 3 N–H and O–H groups in total. The van der Waals surface area contributed by atoms with Gasteiger partial charge in [0.1, 0.15) is 6.04 Å². The number of carbonyl (C=O) groups excluding carboxylic acids is 1. The summed E-state index contributed by atoms with van der Waals surface area (Å²) in [7, 11) is 0. The van der Waals surface area contributed by atoms with E-state index in [0.717, 1.165) is 35.3 Å². The molecule has 4 heteroatoms. The van der Waals surface area contributed by atoms with Crippen molar-refractivity contribution in [2.75, 3.05) is 6.61 Å². The van der Waals surface area contributed by atoms with E-state index in [-0.39, 0.29) is 5.91 Å². The van der Waals surface area contributed by atoms with Crippen molar-refractivity contribution in [3.05, 3.63) is 70.8 Å². The van der Waals surface area contributed by atoms with Gasteiger partial charge in [-0.2, -0.15) is 0 Å². The minimum atomic E-state index is -0.658. The number of aryl methyl sites for hydroxylation is 1. The number of hydrogen-bond donors (Lipinski definition) is 2. The first-order valence-corrected chi connectivity index (χ1v) is 8.36. The van der Waals surface area contributed by atoms with Crippen LogP contribution in [0.4, 0.5) is 0 Å². The Morgan fingerprint density at radius 2 is 1.79 bits per heavy atom. The van der Waals surface area contributed by atoms with Gasteiger partial charge < -0.3 is 15.8 Å². The molecule has 2 aromatic carbocycles. The highest BCUT2D eigenvalue weighted by atomic mass is 16.5. The van der Waals surface area contributed by atoms with Crippen LogP contribution in [0.3, 0.4) is 0 Å². The highest BCUT2D eigenvalue weighted by molar-refractivity contribution is 5.82. The van der Waals surface area contributed by atoms with Crippen molar-refractivity contribution in [2.24, 2.45) is 5.73 Å². The molecule has 0 radical (unpaired) electrons. The number of hydrogen-bond acceptors (Lipinski definition) is 3. The zero-order valence-corrected chi connectivity index (χ0v) is 14.4. The maximum Gasteiger partial charge on any atom is 0.241 e. The van der Waals surface area contributed by atoms with Gasteiger partial charge in [-0.3, -0.25) is 4.79 Å². The molecule has 2 aromatic rings. The Morgan fingerprint density at radius 3 is 2.46 bits per heavy atom. The SMILES string of the molecule is CCCOCc1ccccc1CNC(=O)C(N)c1ccc(C)cc1. The highest BCUT2D eigenvalue weighted by Gasteiger charge is 2.15. The Bertz CT molecular complexity index is 653. The van der Waals surface area contributed by atoms with E-state index in [1.54, 1.807) is 0 Å². The lowest BCUT2D eigenvalue weighted by molar-refractivity contribution is -0.122. The third kappa shape index (κ3) is 5.18. The summed E-state index contributed by atoms with van der Waals surface area (Å²) < 4.78 is 5.61. The van der Waals surface area contributed by atoms with Crippen LogP contribution < -0.4 is 11.1 Å². The second-order valence-corrected chi connectivity index (χ2v) is 5.93. The van der Waals surface area contributed by atoms with Crippen LogP contribution in [0.25, 0.3) is 0 Å². The van der Waals surface area contributed by atoms with Crippen molar-refractivity contribution in [3.63, 3.8) is 0 Å². The molecule has 4 nitrogen and oxygen atoms in total. The lowest BCUT2D eigenvalue weighted by Crippen LogP contribution is -2.33. The Hall–Kier alpha value is -2.17. The van der Waals surface area contributed by atoms with Gasteiger partial charge in [0.2, 0.25) is 5.91 Å². The van der Waals surface area contributed by atoms with Crippen LogP contribution in [0.5, 0.6) is 0 Å². The molecule has 0 saturated carbocycles. The summed E-state index contributed by atoms with van der Waals surface area (Å²) in [6, 6.07) is 15.0. The van der Waals surface area contributed by atoms with Crippen LogP contribution in [-0.4, -0.2) is 12.5 Å². The summed E-state index contributed by atoms with van der Waals surface area (Å²) in [5.41, 5.74) is 10.2. The number of amides is 1. The first kappa shape index (κ1) is 18.2. The molecule has 0 heterocycles. The fourth-order valence-electron chi connectivity index (χ4n) is 2.41. The monoisotopic (exact) mass is 326 g/mol. The normalized spacial score (nSPS) is 12.0. The largest absolute Gasteiger partial charge is 0.377 e. The van der Waals surface area contributed by atoms with Gasteiger partial charge in [-0.25, -0.2) is 0 Å². The van der Waals surface area contributed by atoms with Gasteiger partial charge in [-0.15, -0.1) is 0 Å². The first-order chi connectivity index (χ1) is 11.6. The summed E-state index contributed by atoms with van der Waals surface area (Å²) in [4.78, 5) is 12.3. The van der Waals surface area contributed by atoms with E-state index in [0.29, 0.717) is 13.2 Å². The topological polar surface area (TPSA) is 64.3 Å². The second kappa shape index (κ2) is 9.21.